The molecule has 2 rings (SSSR count). The summed E-state index contributed by atoms with van der Waals surface area (Å²) in [6.45, 7) is -0.0742. The molecule has 6 heteroatoms. The molecule has 0 unspecified atom stereocenters. The second kappa shape index (κ2) is 6.55. The number of halogens is 1. The third-order valence-corrected chi connectivity index (χ3v) is 4.16. The molecule has 0 saturated carbocycles. The summed E-state index contributed by atoms with van der Waals surface area (Å²) in [6.07, 6.45) is 0. The van der Waals surface area contributed by atoms with Crippen molar-refractivity contribution in [3.05, 3.63) is 44.6 Å². The molecule has 0 radical (unpaired) electrons. The molecule has 0 fully saturated rings. The van der Waals surface area contributed by atoms with Gasteiger partial charge in [-0.3, -0.25) is 4.79 Å². The number of nitrogens with zero attached hydrogens (tertiary/aromatic N) is 1. The highest BCUT2D eigenvalue weighted by molar-refractivity contribution is 9.11. The zero-order valence-corrected chi connectivity index (χ0v) is 13.0. The highest BCUT2D eigenvalue weighted by Crippen LogP contribution is 2.28. The van der Waals surface area contributed by atoms with Gasteiger partial charge >= 0.3 is 0 Å². The first-order valence-electron chi connectivity index (χ1n) is 5.63. The van der Waals surface area contributed by atoms with E-state index >= 15 is 0 Å². The van der Waals surface area contributed by atoms with Crippen molar-refractivity contribution in [2.75, 3.05) is 13.7 Å². The zero-order chi connectivity index (χ0) is 14.5. The van der Waals surface area contributed by atoms with Gasteiger partial charge in [-0.15, -0.1) is 11.3 Å². The maximum atomic E-state index is 11.9. The van der Waals surface area contributed by atoms with Crippen LogP contribution < -0.4 is 9.47 Å². The van der Waals surface area contributed by atoms with Gasteiger partial charge in [-0.05, 0) is 40.2 Å². The quantitative estimate of drug-likeness (QED) is 0.771. The lowest BCUT2D eigenvalue weighted by Gasteiger charge is -2.09. The van der Waals surface area contributed by atoms with Gasteiger partial charge in [0.2, 0.25) is 5.78 Å². The van der Waals surface area contributed by atoms with Crippen molar-refractivity contribution in [2.24, 2.45) is 0 Å². The number of rotatable bonds is 5. The van der Waals surface area contributed by atoms with Crippen LogP contribution in [0.5, 0.6) is 11.5 Å². The van der Waals surface area contributed by atoms with Crippen LogP contribution in [-0.4, -0.2) is 19.5 Å². The van der Waals surface area contributed by atoms with Crippen molar-refractivity contribution in [3.8, 4) is 17.6 Å². The van der Waals surface area contributed by atoms with Crippen molar-refractivity contribution < 1.29 is 14.3 Å². The second-order valence-corrected chi connectivity index (χ2v) is 6.26. The molecular weight excluding hydrogens is 342 g/mol. The number of Topliss-reactive ketones (excluding diaryl/α,β-unsaturated/α-hetero) is 1. The fourth-order valence-electron chi connectivity index (χ4n) is 1.53. The predicted octanol–water partition coefficient (Wildman–Crippen LogP) is 3.65. The molecule has 2 aromatic rings. The number of methoxy groups -OCH3 is 1. The van der Waals surface area contributed by atoms with Gasteiger partial charge in [0, 0.05) is 6.07 Å². The Bertz CT molecular complexity index is 675. The Morgan fingerprint density at radius 2 is 2.15 bits per heavy atom. The summed E-state index contributed by atoms with van der Waals surface area (Å²) in [5.74, 6) is 0.770. The van der Waals surface area contributed by atoms with Gasteiger partial charge in [-0.2, -0.15) is 5.26 Å². The molecule has 0 bridgehead atoms. The Labute approximate surface area is 128 Å². The van der Waals surface area contributed by atoms with E-state index in [2.05, 4.69) is 15.9 Å². The smallest absolute Gasteiger partial charge is 0.210 e. The van der Waals surface area contributed by atoms with Gasteiger partial charge in [-0.25, -0.2) is 0 Å². The standard InChI is InChI=1S/C14H10BrNO3S/c1-18-12-6-9(7-16)2-3-11(12)19-8-10(17)13-4-5-14(15)20-13/h2-6H,8H2,1H3. The Morgan fingerprint density at radius 1 is 1.35 bits per heavy atom. The fourth-order valence-corrected chi connectivity index (χ4v) is 2.85. The van der Waals surface area contributed by atoms with Crippen LogP contribution in [0.4, 0.5) is 0 Å². The number of benzene rings is 1. The minimum atomic E-state index is -0.105. The summed E-state index contributed by atoms with van der Waals surface area (Å²) in [7, 11) is 1.49. The molecule has 0 aliphatic heterocycles. The first-order chi connectivity index (χ1) is 9.63. The van der Waals surface area contributed by atoms with Gasteiger partial charge < -0.3 is 9.47 Å². The lowest BCUT2D eigenvalue weighted by Crippen LogP contribution is -2.10. The van der Waals surface area contributed by atoms with Crippen molar-refractivity contribution in [3.63, 3.8) is 0 Å². The largest absolute Gasteiger partial charge is 0.493 e. The summed E-state index contributed by atoms with van der Waals surface area (Å²) >= 11 is 4.67. The maximum absolute atomic E-state index is 11.9. The minimum absolute atomic E-state index is 0.0742. The second-order valence-electron chi connectivity index (χ2n) is 3.79. The highest BCUT2D eigenvalue weighted by atomic mass is 79.9. The van der Waals surface area contributed by atoms with Crippen LogP contribution >= 0.6 is 27.3 Å². The van der Waals surface area contributed by atoms with Crippen LogP contribution in [0.1, 0.15) is 15.2 Å². The lowest BCUT2D eigenvalue weighted by molar-refractivity contribution is 0.0923. The highest BCUT2D eigenvalue weighted by Gasteiger charge is 2.12. The molecule has 0 amide bonds. The number of hydrogen-bond acceptors (Lipinski definition) is 5. The zero-order valence-electron chi connectivity index (χ0n) is 10.6. The summed E-state index contributed by atoms with van der Waals surface area (Å²) < 4.78 is 11.5. The normalized spacial score (nSPS) is 9.85. The number of ether oxygens (including phenoxy) is 2. The first kappa shape index (κ1) is 14.6. The van der Waals surface area contributed by atoms with E-state index in [1.54, 1.807) is 24.3 Å². The van der Waals surface area contributed by atoms with E-state index in [-0.39, 0.29) is 12.4 Å². The Morgan fingerprint density at radius 3 is 2.75 bits per heavy atom. The number of nitriles is 1. The first-order valence-corrected chi connectivity index (χ1v) is 7.24. The van der Waals surface area contributed by atoms with Crippen molar-refractivity contribution in [2.45, 2.75) is 0 Å². The van der Waals surface area contributed by atoms with E-state index in [0.717, 1.165) is 3.79 Å². The summed E-state index contributed by atoms with van der Waals surface area (Å²) in [6, 6.07) is 10.4. The number of ketones is 1. The minimum Gasteiger partial charge on any atom is -0.493 e. The van der Waals surface area contributed by atoms with E-state index in [1.807, 2.05) is 12.1 Å². The van der Waals surface area contributed by atoms with Gasteiger partial charge in [-0.1, -0.05) is 0 Å². The van der Waals surface area contributed by atoms with Crippen LogP contribution in [0.2, 0.25) is 0 Å². The van der Waals surface area contributed by atoms with Gasteiger partial charge in [0.25, 0.3) is 0 Å². The monoisotopic (exact) mass is 351 g/mol. The predicted molar refractivity (Wildman–Crippen MR) is 79.6 cm³/mol. The fraction of sp³-hybridized carbons (Fsp3) is 0.143. The Balaban J connectivity index is 2.07. The van der Waals surface area contributed by atoms with Crippen LogP contribution in [0.3, 0.4) is 0 Å². The van der Waals surface area contributed by atoms with E-state index in [1.165, 1.54) is 18.4 Å². The molecule has 0 spiro atoms. The average molecular weight is 352 g/mol. The van der Waals surface area contributed by atoms with E-state index < -0.39 is 0 Å². The number of carbonyl (C=O) groups excluding carboxylic acids is 1. The molecule has 0 saturated heterocycles. The lowest BCUT2D eigenvalue weighted by atomic mass is 10.2. The van der Waals surface area contributed by atoms with Crippen LogP contribution in [0.25, 0.3) is 0 Å². The average Bonchev–Trinajstić information content (AvgIpc) is 2.91. The topological polar surface area (TPSA) is 59.3 Å². The SMILES string of the molecule is COc1cc(C#N)ccc1OCC(=O)c1ccc(Br)s1. The van der Waals surface area contributed by atoms with E-state index in [0.29, 0.717) is 21.9 Å². The van der Waals surface area contributed by atoms with Crippen LogP contribution in [0, 0.1) is 11.3 Å². The molecule has 102 valence electrons. The molecule has 1 aromatic carbocycles. The van der Waals surface area contributed by atoms with Gasteiger partial charge in [0.1, 0.15) is 0 Å². The van der Waals surface area contributed by atoms with E-state index in [9.17, 15) is 4.79 Å². The molecule has 4 nitrogen and oxygen atoms in total. The number of carbonyl (C=O) groups is 1. The Kier molecular flexibility index (Phi) is 4.77. The molecule has 20 heavy (non-hydrogen) atoms. The molecule has 0 N–H and O–H groups in total. The van der Waals surface area contributed by atoms with E-state index in [4.69, 9.17) is 14.7 Å². The summed E-state index contributed by atoms with van der Waals surface area (Å²) in [4.78, 5) is 12.6. The third-order valence-electron chi connectivity index (χ3n) is 2.50. The van der Waals surface area contributed by atoms with Gasteiger partial charge in [0.15, 0.2) is 18.1 Å². The van der Waals surface area contributed by atoms with Crippen molar-refractivity contribution in [1.82, 2.24) is 0 Å². The summed E-state index contributed by atoms with van der Waals surface area (Å²) in [5.41, 5.74) is 0.475. The molecular formula is C14H10BrNO3S. The number of hydrogen-bond donors (Lipinski definition) is 0. The molecule has 1 aromatic heterocycles. The summed E-state index contributed by atoms with van der Waals surface area (Å²) in [5, 5.41) is 8.81. The van der Waals surface area contributed by atoms with Crippen LogP contribution in [-0.2, 0) is 0 Å². The third kappa shape index (κ3) is 3.38. The molecule has 1 heterocycles. The molecule has 0 aliphatic rings. The number of thiophene rings is 1. The van der Waals surface area contributed by atoms with Crippen LogP contribution in [0.15, 0.2) is 34.1 Å². The van der Waals surface area contributed by atoms with Gasteiger partial charge in [0.05, 0.1) is 27.4 Å². The van der Waals surface area contributed by atoms with Crippen molar-refractivity contribution in [1.29, 1.82) is 5.26 Å². The maximum Gasteiger partial charge on any atom is 0.210 e. The molecule has 0 aliphatic carbocycles. The molecule has 0 atom stereocenters. The van der Waals surface area contributed by atoms with Crippen molar-refractivity contribution >= 4 is 33.0 Å². The Hall–Kier alpha value is -1.84.